The molecular formula is C9H11N2O-. The molecule has 1 saturated heterocycles. The van der Waals surface area contributed by atoms with Crippen LogP contribution in [0.2, 0.25) is 0 Å². The molecule has 1 aliphatic heterocycles. The molecule has 1 heterocycles. The molecule has 1 aromatic carbocycles. The van der Waals surface area contributed by atoms with Gasteiger partial charge in [0, 0.05) is 13.1 Å². The average Bonchev–Trinajstić information content (AvgIpc) is 2.57. The van der Waals surface area contributed by atoms with Gasteiger partial charge in [0.05, 0.1) is 6.17 Å². The molecule has 0 radical (unpaired) electrons. The second-order valence-corrected chi connectivity index (χ2v) is 2.88. The molecule has 0 spiro atoms. The van der Waals surface area contributed by atoms with E-state index < -0.39 is 0 Å². The van der Waals surface area contributed by atoms with Gasteiger partial charge in [-0.2, -0.15) is 0 Å². The molecule has 1 aliphatic rings. The number of hydrogen-bond donors (Lipinski definition) is 2. The second kappa shape index (κ2) is 3.13. The summed E-state index contributed by atoms with van der Waals surface area (Å²) in [7, 11) is 0. The Morgan fingerprint density at radius 2 is 1.83 bits per heavy atom. The Hall–Kier alpha value is -1.06. The van der Waals surface area contributed by atoms with Crippen LogP contribution in [0.25, 0.3) is 0 Å². The molecule has 0 saturated carbocycles. The van der Waals surface area contributed by atoms with Crippen LogP contribution in [0.3, 0.4) is 0 Å². The zero-order valence-corrected chi connectivity index (χ0v) is 6.71. The molecule has 0 atom stereocenters. The molecule has 0 aliphatic carbocycles. The Kier molecular flexibility index (Phi) is 1.98. The number of rotatable bonds is 1. The summed E-state index contributed by atoms with van der Waals surface area (Å²) in [5.41, 5.74) is 0.815. The molecule has 0 amide bonds. The predicted molar refractivity (Wildman–Crippen MR) is 44.6 cm³/mol. The van der Waals surface area contributed by atoms with Crippen LogP contribution in [0.5, 0.6) is 5.75 Å². The Morgan fingerprint density at radius 1 is 1.17 bits per heavy atom. The summed E-state index contributed by atoms with van der Waals surface area (Å²) >= 11 is 0. The standard InChI is InChI=1S/C9H12N2O/c12-8-4-2-1-3-7(8)9-10-5-6-11-9/h1-4,9-12H,5-6H2/p-1. The highest BCUT2D eigenvalue weighted by Gasteiger charge is 2.14. The minimum Gasteiger partial charge on any atom is -0.872 e. The molecule has 0 bridgehead atoms. The van der Waals surface area contributed by atoms with Gasteiger partial charge in [0.25, 0.3) is 0 Å². The third-order valence-electron chi connectivity index (χ3n) is 2.05. The maximum absolute atomic E-state index is 11.3. The lowest BCUT2D eigenvalue weighted by Crippen LogP contribution is -2.22. The highest BCUT2D eigenvalue weighted by molar-refractivity contribution is 5.33. The zero-order valence-electron chi connectivity index (χ0n) is 6.71. The fraction of sp³-hybridized carbons (Fsp3) is 0.333. The van der Waals surface area contributed by atoms with E-state index in [0.29, 0.717) is 0 Å². The Balaban J connectivity index is 2.26. The number of hydrogen-bond acceptors (Lipinski definition) is 3. The van der Waals surface area contributed by atoms with Crippen LogP contribution in [0.4, 0.5) is 0 Å². The molecule has 2 rings (SSSR count). The van der Waals surface area contributed by atoms with Gasteiger partial charge < -0.3 is 5.11 Å². The first-order valence-corrected chi connectivity index (χ1v) is 4.10. The van der Waals surface area contributed by atoms with Crippen LogP contribution in [-0.2, 0) is 0 Å². The molecule has 12 heavy (non-hydrogen) atoms. The van der Waals surface area contributed by atoms with Crippen molar-refractivity contribution in [3.8, 4) is 5.75 Å². The van der Waals surface area contributed by atoms with Crippen LogP contribution < -0.4 is 15.7 Å². The number of para-hydroxylation sites is 1. The minimum atomic E-state index is 0.0544. The minimum absolute atomic E-state index is 0.0544. The summed E-state index contributed by atoms with van der Waals surface area (Å²) in [4.78, 5) is 0. The lowest BCUT2D eigenvalue weighted by atomic mass is 10.1. The molecule has 1 fully saturated rings. The smallest absolute Gasteiger partial charge is 0.0830 e. The van der Waals surface area contributed by atoms with Crippen LogP contribution in [0, 0.1) is 0 Å². The van der Waals surface area contributed by atoms with Crippen LogP contribution in [0.15, 0.2) is 24.3 Å². The van der Waals surface area contributed by atoms with Gasteiger partial charge >= 0.3 is 0 Å². The third-order valence-corrected chi connectivity index (χ3v) is 2.05. The topological polar surface area (TPSA) is 47.1 Å². The summed E-state index contributed by atoms with van der Waals surface area (Å²) in [5.74, 6) is 0.101. The lowest BCUT2D eigenvalue weighted by Gasteiger charge is -2.18. The van der Waals surface area contributed by atoms with E-state index in [4.69, 9.17) is 0 Å². The molecular weight excluding hydrogens is 152 g/mol. The quantitative estimate of drug-likeness (QED) is 0.610. The van der Waals surface area contributed by atoms with Crippen LogP contribution in [-0.4, -0.2) is 13.1 Å². The van der Waals surface area contributed by atoms with Crippen molar-refractivity contribution in [2.75, 3.05) is 13.1 Å². The predicted octanol–water partition coefficient (Wildman–Crippen LogP) is -0.0484. The van der Waals surface area contributed by atoms with Crippen molar-refractivity contribution in [3.05, 3.63) is 29.8 Å². The van der Waals surface area contributed by atoms with Crippen molar-refractivity contribution in [1.82, 2.24) is 10.6 Å². The Labute approximate surface area is 71.4 Å². The van der Waals surface area contributed by atoms with E-state index in [1.165, 1.54) is 0 Å². The summed E-state index contributed by atoms with van der Waals surface area (Å²) < 4.78 is 0. The van der Waals surface area contributed by atoms with Gasteiger partial charge in [-0.05, 0) is 5.56 Å². The molecule has 64 valence electrons. The summed E-state index contributed by atoms with van der Waals surface area (Å²) in [6.07, 6.45) is 0.0544. The highest BCUT2D eigenvalue weighted by atomic mass is 16.3. The Morgan fingerprint density at radius 3 is 2.50 bits per heavy atom. The van der Waals surface area contributed by atoms with Gasteiger partial charge in [0.2, 0.25) is 0 Å². The monoisotopic (exact) mass is 163 g/mol. The highest BCUT2D eigenvalue weighted by Crippen LogP contribution is 2.20. The van der Waals surface area contributed by atoms with Crippen molar-refractivity contribution >= 4 is 0 Å². The maximum atomic E-state index is 11.3. The number of nitrogens with one attached hydrogen (secondary N) is 2. The van der Waals surface area contributed by atoms with E-state index in [1.807, 2.05) is 12.1 Å². The molecule has 2 N–H and O–H groups in total. The SMILES string of the molecule is [O-]c1ccccc1C1NCCN1. The molecule has 0 unspecified atom stereocenters. The molecule has 3 nitrogen and oxygen atoms in total. The largest absolute Gasteiger partial charge is 0.872 e. The number of benzene rings is 1. The first kappa shape index (κ1) is 7.58. The van der Waals surface area contributed by atoms with Gasteiger partial charge in [-0.1, -0.05) is 24.3 Å². The lowest BCUT2D eigenvalue weighted by molar-refractivity contribution is -0.269. The zero-order chi connectivity index (χ0) is 8.39. The van der Waals surface area contributed by atoms with E-state index >= 15 is 0 Å². The third kappa shape index (κ3) is 1.29. The van der Waals surface area contributed by atoms with E-state index in [0.717, 1.165) is 18.7 Å². The normalized spacial score (nSPS) is 18.3. The van der Waals surface area contributed by atoms with E-state index in [1.54, 1.807) is 12.1 Å². The summed E-state index contributed by atoms with van der Waals surface area (Å²) in [6, 6.07) is 7.11. The first-order valence-electron chi connectivity index (χ1n) is 4.10. The molecule has 3 heteroatoms. The van der Waals surface area contributed by atoms with Gasteiger partial charge in [-0.25, -0.2) is 0 Å². The average molecular weight is 163 g/mol. The van der Waals surface area contributed by atoms with Gasteiger partial charge in [-0.3, -0.25) is 10.6 Å². The van der Waals surface area contributed by atoms with Gasteiger partial charge in [0.1, 0.15) is 0 Å². The van der Waals surface area contributed by atoms with E-state index in [9.17, 15) is 5.11 Å². The fourth-order valence-electron chi connectivity index (χ4n) is 1.44. The summed E-state index contributed by atoms with van der Waals surface area (Å²) in [6.45, 7) is 1.86. The van der Waals surface area contributed by atoms with Gasteiger partial charge in [-0.15, -0.1) is 5.75 Å². The van der Waals surface area contributed by atoms with Crippen molar-refractivity contribution in [2.24, 2.45) is 0 Å². The van der Waals surface area contributed by atoms with Crippen LogP contribution in [0.1, 0.15) is 11.7 Å². The van der Waals surface area contributed by atoms with Crippen molar-refractivity contribution in [2.45, 2.75) is 6.17 Å². The first-order chi connectivity index (χ1) is 5.88. The summed E-state index contributed by atoms with van der Waals surface area (Å²) in [5, 5.41) is 17.7. The van der Waals surface area contributed by atoms with E-state index in [2.05, 4.69) is 10.6 Å². The van der Waals surface area contributed by atoms with Crippen molar-refractivity contribution < 1.29 is 5.11 Å². The van der Waals surface area contributed by atoms with Crippen molar-refractivity contribution in [3.63, 3.8) is 0 Å². The molecule has 0 aromatic heterocycles. The van der Waals surface area contributed by atoms with E-state index in [-0.39, 0.29) is 11.9 Å². The Bertz CT molecular complexity index is 269. The second-order valence-electron chi connectivity index (χ2n) is 2.88. The van der Waals surface area contributed by atoms with Crippen LogP contribution >= 0.6 is 0 Å². The molecule has 1 aromatic rings. The van der Waals surface area contributed by atoms with Crippen molar-refractivity contribution in [1.29, 1.82) is 0 Å². The van der Waals surface area contributed by atoms with Gasteiger partial charge in [0.15, 0.2) is 0 Å². The fourth-order valence-corrected chi connectivity index (χ4v) is 1.44. The maximum Gasteiger partial charge on any atom is 0.0830 e.